The lowest BCUT2D eigenvalue weighted by Gasteiger charge is -2.18. The Morgan fingerprint density at radius 1 is 1.00 bits per heavy atom. The van der Waals surface area contributed by atoms with Gasteiger partial charge in [-0.25, -0.2) is 0 Å². The summed E-state index contributed by atoms with van der Waals surface area (Å²) in [6.07, 6.45) is 0. The van der Waals surface area contributed by atoms with Crippen LogP contribution in [0.3, 0.4) is 0 Å². The number of benzene rings is 2. The molecular weight excluding hydrogens is 262 g/mol. The Bertz CT molecular complexity index is 578. The lowest BCUT2D eigenvalue weighted by molar-refractivity contribution is 0.401. The maximum atomic E-state index is 5.45. The Labute approximate surface area is 126 Å². The van der Waals surface area contributed by atoms with Gasteiger partial charge in [-0.05, 0) is 37.6 Å². The highest BCUT2D eigenvalue weighted by molar-refractivity contribution is 5.39. The molecule has 1 N–H and O–H groups in total. The third-order valence-electron chi connectivity index (χ3n) is 3.62. The topological polar surface area (TPSA) is 30.5 Å². The van der Waals surface area contributed by atoms with E-state index in [1.807, 2.05) is 18.2 Å². The number of ether oxygens (including phenoxy) is 2. The molecule has 0 aromatic heterocycles. The average Bonchev–Trinajstić information content (AvgIpc) is 2.53. The normalized spacial score (nSPS) is 12.0. The molecule has 1 atom stereocenters. The molecule has 3 heteroatoms. The van der Waals surface area contributed by atoms with Crippen molar-refractivity contribution in [3.63, 3.8) is 0 Å². The molecule has 112 valence electrons. The van der Waals surface area contributed by atoms with Crippen LogP contribution in [0.1, 0.15) is 29.7 Å². The third-order valence-corrected chi connectivity index (χ3v) is 3.62. The van der Waals surface area contributed by atoms with Crippen LogP contribution in [0.2, 0.25) is 0 Å². The van der Waals surface area contributed by atoms with Crippen molar-refractivity contribution in [3.8, 4) is 11.5 Å². The van der Waals surface area contributed by atoms with E-state index in [1.165, 1.54) is 16.7 Å². The highest BCUT2D eigenvalue weighted by Gasteiger charge is 2.11. The van der Waals surface area contributed by atoms with E-state index in [9.17, 15) is 0 Å². The monoisotopic (exact) mass is 285 g/mol. The van der Waals surface area contributed by atoms with Crippen LogP contribution >= 0.6 is 0 Å². The van der Waals surface area contributed by atoms with Crippen LogP contribution in [0.25, 0.3) is 0 Å². The van der Waals surface area contributed by atoms with Gasteiger partial charge in [-0.1, -0.05) is 29.8 Å². The van der Waals surface area contributed by atoms with Gasteiger partial charge in [0.15, 0.2) is 0 Å². The molecule has 0 radical (unpaired) electrons. The van der Waals surface area contributed by atoms with E-state index in [2.05, 4.69) is 43.4 Å². The Morgan fingerprint density at radius 2 is 1.71 bits per heavy atom. The Morgan fingerprint density at radius 3 is 2.33 bits per heavy atom. The molecule has 2 rings (SSSR count). The molecular formula is C18H23NO2. The molecule has 0 saturated carbocycles. The van der Waals surface area contributed by atoms with Gasteiger partial charge in [0, 0.05) is 18.2 Å². The van der Waals surface area contributed by atoms with Crippen LogP contribution in [-0.2, 0) is 6.54 Å². The van der Waals surface area contributed by atoms with Gasteiger partial charge >= 0.3 is 0 Å². The molecule has 0 aliphatic heterocycles. The summed E-state index contributed by atoms with van der Waals surface area (Å²) in [5.74, 6) is 1.81. The van der Waals surface area contributed by atoms with Crippen LogP contribution < -0.4 is 14.8 Å². The van der Waals surface area contributed by atoms with E-state index < -0.39 is 0 Å². The number of nitrogens with one attached hydrogen (secondary N) is 1. The van der Waals surface area contributed by atoms with Gasteiger partial charge in [0.25, 0.3) is 0 Å². The van der Waals surface area contributed by atoms with Crippen molar-refractivity contribution in [1.29, 1.82) is 0 Å². The van der Waals surface area contributed by atoms with Crippen molar-refractivity contribution in [2.24, 2.45) is 0 Å². The van der Waals surface area contributed by atoms with Crippen molar-refractivity contribution in [2.45, 2.75) is 26.4 Å². The maximum Gasteiger partial charge on any atom is 0.123 e. The van der Waals surface area contributed by atoms with Crippen molar-refractivity contribution in [3.05, 3.63) is 59.2 Å². The molecule has 0 amide bonds. The molecule has 2 aromatic carbocycles. The van der Waals surface area contributed by atoms with Gasteiger partial charge in [-0.15, -0.1) is 0 Å². The summed E-state index contributed by atoms with van der Waals surface area (Å²) in [5, 5.41) is 3.53. The van der Waals surface area contributed by atoms with Crippen LogP contribution in [0.4, 0.5) is 0 Å². The van der Waals surface area contributed by atoms with E-state index in [1.54, 1.807) is 14.2 Å². The molecule has 0 spiro atoms. The largest absolute Gasteiger partial charge is 0.497 e. The van der Waals surface area contributed by atoms with Crippen molar-refractivity contribution >= 4 is 0 Å². The van der Waals surface area contributed by atoms with Crippen LogP contribution in [-0.4, -0.2) is 14.2 Å². The van der Waals surface area contributed by atoms with Crippen molar-refractivity contribution in [2.75, 3.05) is 14.2 Å². The summed E-state index contributed by atoms with van der Waals surface area (Å²) in [6, 6.07) is 14.6. The van der Waals surface area contributed by atoms with Gasteiger partial charge in [0.2, 0.25) is 0 Å². The third kappa shape index (κ3) is 3.99. The first kappa shape index (κ1) is 15.4. The summed E-state index contributed by atoms with van der Waals surface area (Å²) in [6.45, 7) is 5.06. The number of methoxy groups -OCH3 is 2. The standard InChI is InChI=1S/C18H23NO2/c1-13-5-10-18(21-4)17(11-13)14(2)19-12-15-6-8-16(20-3)9-7-15/h5-11,14,19H,12H2,1-4H3. The number of aryl methyl sites for hydroxylation is 1. The molecule has 1 unspecified atom stereocenters. The molecule has 0 bridgehead atoms. The molecule has 0 aliphatic carbocycles. The lowest BCUT2D eigenvalue weighted by Crippen LogP contribution is -2.18. The van der Waals surface area contributed by atoms with Crippen molar-refractivity contribution in [1.82, 2.24) is 5.32 Å². The van der Waals surface area contributed by atoms with Crippen LogP contribution in [0.15, 0.2) is 42.5 Å². The fourth-order valence-electron chi connectivity index (χ4n) is 2.32. The predicted octanol–water partition coefficient (Wildman–Crippen LogP) is 3.86. The van der Waals surface area contributed by atoms with Gasteiger partial charge < -0.3 is 14.8 Å². The summed E-state index contributed by atoms with van der Waals surface area (Å²) in [4.78, 5) is 0. The van der Waals surface area contributed by atoms with E-state index in [4.69, 9.17) is 9.47 Å². The minimum absolute atomic E-state index is 0.224. The van der Waals surface area contributed by atoms with Gasteiger partial charge in [0.05, 0.1) is 14.2 Å². The number of rotatable bonds is 6. The first-order valence-corrected chi connectivity index (χ1v) is 7.15. The zero-order valence-corrected chi connectivity index (χ0v) is 13.1. The maximum absolute atomic E-state index is 5.45. The Kier molecular flexibility index (Phi) is 5.23. The van der Waals surface area contributed by atoms with E-state index >= 15 is 0 Å². The summed E-state index contributed by atoms with van der Waals surface area (Å²) < 4.78 is 10.6. The molecule has 2 aromatic rings. The quantitative estimate of drug-likeness (QED) is 0.874. The molecule has 0 saturated heterocycles. The first-order valence-electron chi connectivity index (χ1n) is 7.15. The number of hydrogen-bond donors (Lipinski definition) is 1. The Hall–Kier alpha value is -2.00. The number of hydrogen-bond acceptors (Lipinski definition) is 3. The highest BCUT2D eigenvalue weighted by atomic mass is 16.5. The molecule has 21 heavy (non-hydrogen) atoms. The smallest absolute Gasteiger partial charge is 0.123 e. The SMILES string of the molecule is COc1ccc(CNC(C)c2cc(C)ccc2OC)cc1. The Balaban J connectivity index is 2.03. The molecule has 0 heterocycles. The molecule has 0 aliphatic rings. The second kappa shape index (κ2) is 7.14. The summed E-state index contributed by atoms with van der Waals surface area (Å²) in [5.41, 5.74) is 3.66. The highest BCUT2D eigenvalue weighted by Crippen LogP contribution is 2.26. The zero-order valence-electron chi connectivity index (χ0n) is 13.1. The second-order valence-corrected chi connectivity index (χ2v) is 5.20. The molecule has 3 nitrogen and oxygen atoms in total. The fraction of sp³-hybridized carbons (Fsp3) is 0.333. The van der Waals surface area contributed by atoms with E-state index in [0.717, 1.165) is 18.0 Å². The summed E-state index contributed by atoms with van der Waals surface area (Å²) in [7, 11) is 3.39. The average molecular weight is 285 g/mol. The van der Waals surface area contributed by atoms with Gasteiger partial charge in [0.1, 0.15) is 11.5 Å². The van der Waals surface area contributed by atoms with Gasteiger partial charge in [-0.3, -0.25) is 0 Å². The predicted molar refractivity (Wildman–Crippen MR) is 86.0 cm³/mol. The van der Waals surface area contributed by atoms with E-state index in [0.29, 0.717) is 0 Å². The second-order valence-electron chi connectivity index (χ2n) is 5.20. The van der Waals surface area contributed by atoms with Crippen molar-refractivity contribution < 1.29 is 9.47 Å². The minimum Gasteiger partial charge on any atom is -0.497 e. The lowest BCUT2D eigenvalue weighted by atomic mass is 10.0. The minimum atomic E-state index is 0.224. The van der Waals surface area contributed by atoms with Crippen LogP contribution in [0, 0.1) is 6.92 Å². The fourth-order valence-corrected chi connectivity index (χ4v) is 2.32. The van der Waals surface area contributed by atoms with E-state index in [-0.39, 0.29) is 6.04 Å². The zero-order chi connectivity index (χ0) is 15.2. The molecule has 0 fully saturated rings. The van der Waals surface area contributed by atoms with Crippen LogP contribution in [0.5, 0.6) is 11.5 Å². The summed E-state index contributed by atoms with van der Waals surface area (Å²) >= 11 is 0. The van der Waals surface area contributed by atoms with Gasteiger partial charge in [-0.2, -0.15) is 0 Å². The first-order chi connectivity index (χ1) is 10.1.